The molecule has 1 heterocycles. The van der Waals surface area contributed by atoms with Crippen LogP contribution in [0.3, 0.4) is 0 Å². The van der Waals surface area contributed by atoms with Gasteiger partial charge in [0.15, 0.2) is 0 Å². The number of piperidine rings is 1. The van der Waals surface area contributed by atoms with E-state index in [4.69, 9.17) is 5.11 Å². The lowest BCUT2D eigenvalue weighted by Crippen LogP contribution is -2.48. The second-order valence-corrected chi connectivity index (χ2v) is 5.67. The first kappa shape index (κ1) is 16.4. The number of benzene rings is 1. The fourth-order valence-corrected chi connectivity index (χ4v) is 2.64. The van der Waals surface area contributed by atoms with Crippen molar-refractivity contribution < 1.29 is 19.1 Å². The van der Waals surface area contributed by atoms with Gasteiger partial charge in [-0.25, -0.2) is 4.39 Å². The zero-order valence-electron chi connectivity index (χ0n) is 12.6. The average molecular weight is 308 g/mol. The third-order valence-corrected chi connectivity index (χ3v) is 4.19. The van der Waals surface area contributed by atoms with Crippen LogP contribution in [0, 0.1) is 11.7 Å². The number of carbonyl (C=O) groups is 2. The van der Waals surface area contributed by atoms with Crippen molar-refractivity contribution in [3.8, 4) is 0 Å². The number of hydrogen-bond acceptors (Lipinski definition) is 3. The zero-order chi connectivity index (χ0) is 16.1. The van der Waals surface area contributed by atoms with Crippen LogP contribution >= 0.6 is 0 Å². The number of carboxylic acid groups (broad SMARTS) is 1. The van der Waals surface area contributed by atoms with E-state index in [1.54, 1.807) is 12.1 Å². The molecule has 6 heteroatoms. The van der Waals surface area contributed by atoms with Gasteiger partial charge in [-0.3, -0.25) is 14.5 Å². The fraction of sp³-hybridized carbons (Fsp3) is 0.500. The Morgan fingerprint density at radius 3 is 2.45 bits per heavy atom. The molecule has 120 valence electrons. The Labute approximate surface area is 129 Å². The molecule has 1 aromatic carbocycles. The smallest absolute Gasteiger partial charge is 0.306 e. The maximum Gasteiger partial charge on any atom is 0.306 e. The van der Waals surface area contributed by atoms with Gasteiger partial charge in [0.05, 0.1) is 12.0 Å². The van der Waals surface area contributed by atoms with Crippen molar-refractivity contribution in [3.05, 3.63) is 35.6 Å². The summed E-state index contributed by atoms with van der Waals surface area (Å²) in [5, 5.41) is 11.8. The monoisotopic (exact) mass is 308 g/mol. The lowest BCUT2D eigenvalue weighted by atomic mass is 9.96. The first-order valence-electron chi connectivity index (χ1n) is 7.46. The molecule has 1 atom stereocenters. The van der Waals surface area contributed by atoms with Crippen molar-refractivity contribution in [2.24, 2.45) is 5.92 Å². The van der Waals surface area contributed by atoms with Crippen LogP contribution < -0.4 is 5.32 Å². The number of aliphatic carboxylic acids is 1. The number of carbonyl (C=O) groups excluding carboxylic acids is 1. The van der Waals surface area contributed by atoms with E-state index in [-0.39, 0.29) is 23.7 Å². The molecule has 0 radical (unpaired) electrons. The van der Waals surface area contributed by atoms with Crippen LogP contribution in [-0.4, -0.2) is 41.0 Å². The van der Waals surface area contributed by atoms with Crippen LogP contribution in [0.1, 0.15) is 25.3 Å². The number of rotatable bonds is 5. The predicted octanol–water partition coefficient (Wildman–Crippen LogP) is 1.63. The van der Waals surface area contributed by atoms with Gasteiger partial charge < -0.3 is 10.4 Å². The van der Waals surface area contributed by atoms with Gasteiger partial charge in [0.25, 0.3) is 0 Å². The minimum atomic E-state index is -0.756. The molecule has 5 nitrogen and oxygen atoms in total. The largest absolute Gasteiger partial charge is 0.481 e. The summed E-state index contributed by atoms with van der Waals surface area (Å²) in [5.74, 6) is -1.46. The summed E-state index contributed by atoms with van der Waals surface area (Å²) in [6.45, 7) is 3.40. The average Bonchev–Trinajstić information content (AvgIpc) is 2.53. The Morgan fingerprint density at radius 1 is 1.32 bits per heavy atom. The number of hydrogen-bond donors (Lipinski definition) is 2. The normalized spacial score (nSPS) is 17.9. The Kier molecular flexibility index (Phi) is 5.49. The molecular formula is C16H21FN2O3. The Morgan fingerprint density at radius 2 is 1.91 bits per heavy atom. The summed E-state index contributed by atoms with van der Waals surface area (Å²) < 4.78 is 12.8. The van der Waals surface area contributed by atoms with Gasteiger partial charge in [0, 0.05) is 6.54 Å². The number of carboxylic acids is 1. The van der Waals surface area contributed by atoms with Crippen molar-refractivity contribution in [1.29, 1.82) is 0 Å². The topological polar surface area (TPSA) is 69.6 Å². The SMILES string of the molecule is CC(C(=O)NCc1ccc(F)cc1)N1CCC(C(=O)O)CC1. The molecule has 1 fully saturated rings. The second kappa shape index (κ2) is 7.35. The van der Waals surface area contributed by atoms with Gasteiger partial charge in [0.1, 0.15) is 5.82 Å². The summed E-state index contributed by atoms with van der Waals surface area (Å²) >= 11 is 0. The van der Waals surface area contributed by atoms with Crippen LogP contribution in [0.25, 0.3) is 0 Å². The number of amides is 1. The van der Waals surface area contributed by atoms with Gasteiger partial charge in [-0.15, -0.1) is 0 Å². The standard InChI is InChI=1S/C16H21FN2O3/c1-11(19-8-6-13(7-9-19)16(21)22)15(20)18-10-12-2-4-14(17)5-3-12/h2-5,11,13H,6-10H2,1H3,(H,18,20)(H,21,22). The molecule has 1 amide bonds. The number of likely N-dealkylation sites (tertiary alicyclic amines) is 1. The van der Waals surface area contributed by atoms with Crippen LogP contribution in [0.15, 0.2) is 24.3 Å². The molecule has 22 heavy (non-hydrogen) atoms. The van der Waals surface area contributed by atoms with E-state index in [1.807, 2.05) is 11.8 Å². The zero-order valence-corrected chi connectivity index (χ0v) is 12.6. The van der Waals surface area contributed by atoms with E-state index in [1.165, 1.54) is 12.1 Å². The van der Waals surface area contributed by atoms with Crippen molar-refractivity contribution in [2.75, 3.05) is 13.1 Å². The van der Waals surface area contributed by atoms with Gasteiger partial charge >= 0.3 is 5.97 Å². The van der Waals surface area contributed by atoms with Crippen molar-refractivity contribution in [1.82, 2.24) is 10.2 Å². The van der Waals surface area contributed by atoms with Gasteiger partial charge in [0.2, 0.25) is 5.91 Å². The summed E-state index contributed by atoms with van der Waals surface area (Å²) in [7, 11) is 0. The number of nitrogens with one attached hydrogen (secondary N) is 1. The maximum absolute atomic E-state index is 12.8. The quantitative estimate of drug-likeness (QED) is 0.867. The molecule has 1 saturated heterocycles. The van der Waals surface area contributed by atoms with Crippen LogP contribution in [0.4, 0.5) is 4.39 Å². The highest BCUT2D eigenvalue weighted by Gasteiger charge is 2.29. The third kappa shape index (κ3) is 4.27. The second-order valence-electron chi connectivity index (χ2n) is 5.67. The van der Waals surface area contributed by atoms with Crippen LogP contribution in [0.5, 0.6) is 0 Å². The first-order valence-corrected chi connectivity index (χ1v) is 7.46. The third-order valence-electron chi connectivity index (χ3n) is 4.19. The van der Waals surface area contributed by atoms with Crippen LogP contribution in [0.2, 0.25) is 0 Å². The molecule has 0 aromatic heterocycles. The highest BCUT2D eigenvalue weighted by molar-refractivity contribution is 5.81. The minimum absolute atomic E-state index is 0.0990. The molecule has 0 saturated carbocycles. The fourth-order valence-electron chi connectivity index (χ4n) is 2.64. The number of halogens is 1. The molecule has 1 aliphatic heterocycles. The number of nitrogens with zero attached hydrogens (tertiary/aromatic N) is 1. The minimum Gasteiger partial charge on any atom is -0.481 e. The van der Waals surface area contributed by atoms with E-state index < -0.39 is 5.97 Å². The van der Waals surface area contributed by atoms with Crippen molar-refractivity contribution in [3.63, 3.8) is 0 Å². The van der Waals surface area contributed by atoms with Crippen molar-refractivity contribution in [2.45, 2.75) is 32.4 Å². The summed E-state index contributed by atoms with van der Waals surface area (Å²) in [5.41, 5.74) is 0.839. The highest BCUT2D eigenvalue weighted by atomic mass is 19.1. The lowest BCUT2D eigenvalue weighted by molar-refractivity contribution is -0.143. The van der Waals surface area contributed by atoms with Gasteiger partial charge in [-0.05, 0) is 50.6 Å². The van der Waals surface area contributed by atoms with E-state index in [0.29, 0.717) is 32.5 Å². The molecule has 0 spiro atoms. The molecule has 1 aliphatic rings. The molecule has 0 aliphatic carbocycles. The van der Waals surface area contributed by atoms with E-state index >= 15 is 0 Å². The molecule has 1 aromatic rings. The summed E-state index contributed by atoms with van der Waals surface area (Å²) in [6.07, 6.45) is 1.15. The maximum atomic E-state index is 12.8. The molecule has 0 bridgehead atoms. The Bertz CT molecular complexity index is 525. The lowest BCUT2D eigenvalue weighted by Gasteiger charge is -2.33. The van der Waals surface area contributed by atoms with E-state index in [2.05, 4.69) is 5.32 Å². The molecular weight excluding hydrogens is 287 g/mol. The highest BCUT2D eigenvalue weighted by Crippen LogP contribution is 2.19. The van der Waals surface area contributed by atoms with E-state index in [9.17, 15) is 14.0 Å². The first-order chi connectivity index (χ1) is 10.5. The molecule has 2 rings (SSSR count). The summed E-state index contributed by atoms with van der Waals surface area (Å²) in [4.78, 5) is 25.1. The predicted molar refractivity (Wildman–Crippen MR) is 79.6 cm³/mol. The van der Waals surface area contributed by atoms with E-state index in [0.717, 1.165) is 5.56 Å². The Hall–Kier alpha value is -1.95. The van der Waals surface area contributed by atoms with Gasteiger partial charge in [-0.2, -0.15) is 0 Å². The van der Waals surface area contributed by atoms with Crippen molar-refractivity contribution >= 4 is 11.9 Å². The molecule has 2 N–H and O–H groups in total. The van der Waals surface area contributed by atoms with Crippen LogP contribution in [-0.2, 0) is 16.1 Å². The Balaban J connectivity index is 1.80. The summed E-state index contributed by atoms with van der Waals surface area (Å²) in [6, 6.07) is 5.70. The van der Waals surface area contributed by atoms with Gasteiger partial charge in [-0.1, -0.05) is 12.1 Å². The molecule has 1 unspecified atom stereocenters.